The summed E-state index contributed by atoms with van der Waals surface area (Å²) in [5.41, 5.74) is 4.96. The van der Waals surface area contributed by atoms with Crippen molar-refractivity contribution in [2.45, 2.75) is 30.7 Å². The van der Waals surface area contributed by atoms with Crippen molar-refractivity contribution in [3.63, 3.8) is 0 Å². The van der Waals surface area contributed by atoms with E-state index in [-0.39, 0.29) is 0 Å². The van der Waals surface area contributed by atoms with E-state index >= 15 is 0 Å². The van der Waals surface area contributed by atoms with Crippen LogP contribution < -0.4 is 5.73 Å². The van der Waals surface area contributed by atoms with Crippen molar-refractivity contribution in [2.75, 3.05) is 0 Å². The molecule has 1 aliphatic rings. The Hall–Kier alpha value is -0.490. The highest BCUT2D eigenvalue weighted by atomic mass is 32.2. The molecule has 1 fully saturated rings. The van der Waals surface area contributed by atoms with Gasteiger partial charge in [-0.25, -0.2) is 8.60 Å². The molecule has 13 heavy (non-hydrogen) atoms. The second-order valence-electron chi connectivity index (χ2n) is 3.20. The smallest absolute Gasteiger partial charge is 0.223 e. The maximum Gasteiger partial charge on any atom is 0.223 e. The average molecular weight is 209 g/mol. The van der Waals surface area contributed by atoms with E-state index in [9.17, 15) is 13.4 Å². The summed E-state index contributed by atoms with van der Waals surface area (Å²) < 4.78 is 32.7. The summed E-state index contributed by atoms with van der Waals surface area (Å²) in [5.74, 6) is -1.61. The third kappa shape index (κ3) is 2.25. The molecule has 0 spiro atoms. The number of primary amides is 1. The number of alkyl halides is 1. The molecule has 1 aliphatic carbocycles. The van der Waals surface area contributed by atoms with E-state index in [4.69, 9.17) is 10.3 Å². The van der Waals surface area contributed by atoms with Crippen LogP contribution in [0.2, 0.25) is 0 Å². The summed E-state index contributed by atoms with van der Waals surface area (Å²) in [4.78, 5) is 10.7. The second kappa shape index (κ2) is 4.15. The third-order valence-electron chi connectivity index (χ3n) is 2.37. The highest BCUT2D eigenvalue weighted by Crippen LogP contribution is 2.29. The summed E-state index contributed by atoms with van der Waals surface area (Å²) in [6, 6.07) is 0. The van der Waals surface area contributed by atoms with Gasteiger partial charge in [-0.05, 0) is 12.8 Å². The molecule has 0 radical (unpaired) electrons. The maximum atomic E-state index is 13.4. The molecule has 3 N–H and O–H groups in total. The third-order valence-corrected chi connectivity index (χ3v) is 3.38. The summed E-state index contributed by atoms with van der Waals surface area (Å²) in [6.45, 7) is 0. The van der Waals surface area contributed by atoms with Crippen LogP contribution >= 0.6 is 0 Å². The topological polar surface area (TPSA) is 80.4 Å². The molecule has 0 aliphatic heterocycles. The second-order valence-corrected chi connectivity index (χ2v) is 4.36. The van der Waals surface area contributed by atoms with Crippen LogP contribution in [0.1, 0.15) is 19.3 Å². The largest absolute Gasteiger partial charge is 0.369 e. The van der Waals surface area contributed by atoms with Crippen LogP contribution in [-0.4, -0.2) is 26.1 Å². The van der Waals surface area contributed by atoms with E-state index in [0.29, 0.717) is 19.3 Å². The minimum Gasteiger partial charge on any atom is -0.369 e. The number of carbonyl (C=O) groups excluding carboxylic acids is 1. The monoisotopic (exact) mass is 209 g/mol. The van der Waals surface area contributed by atoms with E-state index in [0.717, 1.165) is 0 Å². The quantitative estimate of drug-likeness (QED) is 0.637. The Balaban J connectivity index is 2.71. The van der Waals surface area contributed by atoms with Gasteiger partial charge in [-0.15, -0.1) is 0 Å². The van der Waals surface area contributed by atoms with E-state index in [2.05, 4.69) is 0 Å². The van der Waals surface area contributed by atoms with Crippen LogP contribution in [0.3, 0.4) is 0 Å². The molecule has 0 aromatic heterocycles. The van der Waals surface area contributed by atoms with Gasteiger partial charge in [-0.3, -0.25) is 4.79 Å². The van der Waals surface area contributed by atoms with E-state index in [1.54, 1.807) is 0 Å². The minimum absolute atomic E-state index is 0.341. The van der Waals surface area contributed by atoms with Crippen LogP contribution in [-0.2, 0) is 15.9 Å². The molecule has 4 unspecified atom stereocenters. The number of rotatable bonds is 2. The summed E-state index contributed by atoms with van der Waals surface area (Å²) in [5, 5.41) is -0.953. The standard InChI is InChI=1S/C7H12FNO3S/c8-6-4(7(9)10)2-1-3-5(6)13(11)12/h4-6H,1-3H2,(H2,9,10)(H,11,12). The van der Waals surface area contributed by atoms with Crippen molar-refractivity contribution in [3.8, 4) is 0 Å². The van der Waals surface area contributed by atoms with Crippen molar-refractivity contribution in [2.24, 2.45) is 11.7 Å². The molecule has 0 aromatic carbocycles. The van der Waals surface area contributed by atoms with Gasteiger partial charge < -0.3 is 10.3 Å². The number of amides is 1. The Morgan fingerprint density at radius 1 is 1.54 bits per heavy atom. The van der Waals surface area contributed by atoms with E-state index in [1.165, 1.54) is 0 Å². The summed E-state index contributed by atoms with van der Waals surface area (Å²) in [6.07, 6.45) is -0.277. The number of hydrogen-bond donors (Lipinski definition) is 2. The molecule has 4 atom stereocenters. The lowest BCUT2D eigenvalue weighted by Gasteiger charge is -2.28. The van der Waals surface area contributed by atoms with E-state index < -0.39 is 34.3 Å². The number of carbonyl (C=O) groups is 1. The van der Waals surface area contributed by atoms with Crippen LogP contribution in [0, 0.1) is 5.92 Å². The number of hydrogen-bond acceptors (Lipinski definition) is 2. The van der Waals surface area contributed by atoms with Gasteiger partial charge in [0.2, 0.25) is 5.91 Å². The first-order valence-electron chi connectivity index (χ1n) is 4.07. The SMILES string of the molecule is NC(=O)C1CCCC(S(=O)O)C1F. The van der Waals surface area contributed by atoms with Gasteiger partial charge in [-0.2, -0.15) is 0 Å². The average Bonchev–Trinajstić information content (AvgIpc) is 2.03. The molecule has 6 heteroatoms. The Kier molecular flexibility index (Phi) is 3.38. The predicted molar refractivity (Wildman–Crippen MR) is 46.0 cm³/mol. The minimum atomic E-state index is -2.20. The fourth-order valence-corrected chi connectivity index (χ4v) is 2.41. The van der Waals surface area contributed by atoms with Gasteiger partial charge in [0.05, 0.1) is 11.2 Å². The fourth-order valence-electron chi connectivity index (χ4n) is 1.63. The Morgan fingerprint density at radius 2 is 2.15 bits per heavy atom. The lowest BCUT2D eigenvalue weighted by molar-refractivity contribution is -0.124. The Labute approximate surface area is 78.0 Å². The molecule has 1 amide bonds. The maximum absolute atomic E-state index is 13.4. The van der Waals surface area contributed by atoms with Crippen molar-refractivity contribution >= 4 is 17.0 Å². The van der Waals surface area contributed by atoms with Gasteiger partial charge in [0, 0.05) is 0 Å². The molecule has 76 valence electrons. The first kappa shape index (κ1) is 10.6. The zero-order chi connectivity index (χ0) is 10.0. The molecule has 0 bridgehead atoms. The van der Waals surface area contributed by atoms with Gasteiger partial charge in [-0.1, -0.05) is 6.42 Å². The molecule has 0 heterocycles. The van der Waals surface area contributed by atoms with Crippen molar-refractivity contribution in [3.05, 3.63) is 0 Å². The molecular formula is C7H12FNO3S. The van der Waals surface area contributed by atoms with Crippen molar-refractivity contribution in [1.29, 1.82) is 0 Å². The summed E-state index contributed by atoms with van der Waals surface area (Å²) >= 11 is -2.20. The fraction of sp³-hybridized carbons (Fsp3) is 0.857. The number of halogens is 1. The Morgan fingerprint density at radius 3 is 2.62 bits per heavy atom. The van der Waals surface area contributed by atoms with Crippen LogP contribution in [0.25, 0.3) is 0 Å². The highest BCUT2D eigenvalue weighted by Gasteiger charge is 2.39. The first-order chi connectivity index (χ1) is 6.04. The van der Waals surface area contributed by atoms with Gasteiger partial charge in [0.15, 0.2) is 11.1 Å². The van der Waals surface area contributed by atoms with Crippen molar-refractivity contribution in [1.82, 2.24) is 0 Å². The lowest BCUT2D eigenvalue weighted by Crippen LogP contribution is -2.43. The number of nitrogens with two attached hydrogens (primary N) is 1. The molecular weight excluding hydrogens is 197 g/mol. The predicted octanol–water partition coefficient (Wildman–Crippen LogP) is 0.200. The molecule has 1 rings (SSSR count). The van der Waals surface area contributed by atoms with Gasteiger partial charge in [0.25, 0.3) is 0 Å². The molecule has 0 aromatic rings. The Bertz CT molecular complexity index is 214. The normalized spacial score (nSPS) is 36.9. The zero-order valence-corrected chi connectivity index (χ0v) is 7.80. The lowest BCUT2D eigenvalue weighted by atomic mass is 9.87. The van der Waals surface area contributed by atoms with Crippen LogP contribution in [0.15, 0.2) is 0 Å². The van der Waals surface area contributed by atoms with E-state index in [1.807, 2.05) is 0 Å². The summed E-state index contributed by atoms with van der Waals surface area (Å²) in [7, 11) is 0. The van der Waals surface area contributed by atoms with Crippen LogP contribution in [0.5, 0.6) is 0 Å². The van der Waals surface area contributed by atoms with Crippen molar-refractivity contribution < 1.29 is 17.9 Å². The molecule has 1 saturated carbocycles. The zero-order valence-electron chi connectivity index (χ0n) is 6.98. The first-order valence-corrected chi connectivity index (χ1v) is 5.24. The van der Waals surface area contributed by atoms with Crippen LogP contribution in [0.4, 0.5) is 4.39 Å². The van der Waals surface area contributed by atoms with Gasteiger partial charge in [0.1, 0.15) is 6.17 Å². The molecule has 0 saturated heterocycles. The molecule has 4 nitrogen and oxygen atoms in total. The highest BCUT2D eigenvalue weighted by molar-refractivity contribution is 7.80. The van der Waals surface area contributed by atoms with Gasteiger partial charge >= 0.3 is 0 Å².